The number of fused-ring (bicyclic) bond motifs is 1. The lowest BCUT2D eigenvalue weighted by Crippen LogP contribution is -2.40. The maximum Gasteiger partial charge on any atom is 0.338 e. The number of ether oxygens (including phenoxy) is 4. The van der Waals surface area contributed by atoms with Crippen molar-refractivity contribution in [2.45, 2.75) is 32.7 Å². The minimum Gasteiger partial charge on any atom is -0.502 e. The average Bonchev–Trinajstić information content (AvgIpc) is 3.23. The highest BCUT2D eigenvalue weighted by Gasteiger charge is 2.36. The largest absolute Gasteiger partial charge is 0.502 e. The summed E-state index contributed by atoms with van der Waals surface area (Å²) in [6.45, 7) is 3.92. The lowest BCUT2D eigenvalue weighted by molar-refractivity contribution is -0.139. The molecule has 0 amide bonds. The molecule has 11 heteroatoms. The normalized spacial score (nSPS) is 15.0. The molecule has 0 aliphatic carbocycles. The molecular formula is C28H29BrN2O7S. The van der Waals surface area contributed by atoms with Crippen LogP contribution in [0.15, 0.2) is 55.9 Å². The molecule has 0 fully saturated rings. The van der Waals surface area contributed by atoms with Gasteiger partial charge in [0.2, 0.25) is 5.75 Å². The molecule has 2 heterocycles. The molecule has 9 nitrogen and oxygen atoms in total. The van der Waals surface area contributed by atoms with Crippen LogP contribution in [0.2, 0.25) is 0 Å². The first-order valence-corrected chi connectivity index (χ1v) is 13.9. The van der Waals surface area contributed by atoms with Crippen LogP contribution in [0.5, 0.6) is 23.0 Å². The maximum atomic E-state index is 14.0. The number of hydrogen-bond acceptors (Lipinski definition) is 9. The van der Waals surface area contributed by atoms with Crippen LogP contribution in [0.4, 0.5) is 0 Å². The van der Waals surface area contributed by atoms with Crippen LogP contribution in [0.1, 0.15) is 43.9 Å². The van der Waals surface area contributed by atoms with Crippen molar-refractivity contribution in [3.8, 4) is 23.0 Å². The number of thiazole rings is 1. The van der Waals surface area contributed by atoms with Gasteiger partial charge in [0.05, 0.1) is 43.7 Å². The topological polar surface area (TPSA) is 109 Å². The number of halogens is 1. The van der Waals surface area contributed by atoms with E-state index in [-0.39, 0.29) is 29.4 Å². The number of hydrogen-bond donors (Lipinski definition) is 1. The quantitative estimate of drug-likeness (QED) is 0.361. The van der Waals surface area contributed by atoms with Gasteiger partial charge in [-0.25, -0.2) is 9.79 Å². The van der Waals surface area contributed by atoms with Gasteiger partial charge in [-0.2, -0.15) is 0 Å². The fourth-order valence-electron chi connectivity index (χ4n) is 4.48. The van der Waals surface area contributed by atoms with Crippen molar-refractivity contribution >= 4 is 39.3 Å². The molecule has 1 aliphatic heterocycles. The Morgan fingerprint density at radius 2 is 1.77 bits per heavy atom. The molecule has 206 valence electrons. The Hall–Kier alpha value is -3.57. The van der Waals surface area contributed by atoms with E-state index in [0.29, 0.717) is 43.9 Å². The van der Waals surface area contributed by atoms with Crippen LogP contribution in [0.3, 0.4) is 0 Å². The van der Waals surface area contributed by atoms with E-state index in [1.807, 2.05) is 19.1 Å². The molecule has 4 rings (SSSR count). The van der Waals surface area contributed by atoms with Crippen molar-refractivity contribution in [3.63, 3.8) is 0 Å². The van der Waals surface area contributed by atoms with Crippen LogP contribution < -0.4 is 29.1 Å². The van der Waals surface area contributed by atoms with Gasteiger partial charge in [-0.1, -0.05) is 40.6 Å². The van der Waals surface area contributed by atoms with E-state index >= 15 is 0 Å². The fourth-order valence-corrected chi connectivity index (χ4v) is 5.88. The minimum absolute atomic E-state index is 0.136. The molecule has 1 atom stereocenters. The van der Waals surface area contributed by atoms with Crippen LogP contribution in [0.25, 0.3) is 6.08 Å². The first-order chi connectivity index (χ1) is 18.8. The van der Waals surface area contributed by atoms with E-state index in [1.54, 1.807) is 38.3 Å². The number of nitrogens with zero attached hydrogens (tertiary/aromatic N) is 2. The molecule has 0 unspecified atom stereocenters. The molecular weight excluding hydrogens is 588 g/mol. The number of aromatic nitrogens is 1. The third kappa shape index (κ3) is 5.46. The third-order valence-electron chi connectivity index (χ3n) is 6.18. The zero-order valence-corrected chi connectivity index (χ0v) is 24.6. The second-order valence-electron chi connectivity index (χ2n) is 8.57. The molecule has 0 saturated heterocycles. The molecule has 1 aliphatic rings. The van der Waals surface area contributed by atoms with Gasteiger partial charge in [0.25, 0.3) is 5.56 Å². The summed E-state index contributed by atoms with van der Waals surface area (Å²) in [4.78, 5) is 32.6. The first kappa shape index (κ1) is 28.4. The summed E-state index contributed by atoms with van der Waals surface area (Å²) in [6, 6.07) is 7.85. The highest BCUT2D eigenvalue weighted by Crippen LogP contribution is 2.39. The van der Waals surface area contributed by atoms with Gasteiger partial charge in [0.15, 0.2) is 16.3 Å². The highest BCUT2D eigenvalue weighted by atomic mass is 79.9. The predicted molar refractivity (Wildman–Crippen MR) is 152 cm³/mol. The summed E-state index contributed by atoms with van der Waals surface area (Å²) in [5, 5.41) is 10.3. The van der Waals surface area contributed by atoms with Crippen molar-refractivity contribution in [2.24, 2.45) is 4.99 Å². The number of benzene rings is 2. The summed E-state index contributed by atoms with van der Waals surface area (Å²) in [5.74, 6) is 0.271. The second kappa shape index (κ2) is 12.1. The molecule has 3 aromatic rings. The molecule has 2 aromatic carbocycles. The van der Waals surface area contributed by atoms with E-state index in [2.05, 4.69) is 15.9 Å². The maximum absolute atomic E-state index is 14.0. The van der Waals surface area contributed by atoms with Gasteiger partial charge in [-0.3, -0.25) is 9.36 Å². The van der Waals surface area contributed by atoms with Crippen LogP contribution in [-0.4, -0.2) is 43.6 Å². The zero-order chi connectivity index (χ0) is 28.3. The third-order valence-corrected chi connectivity index (χ3v) is 7.65. The summed E-state index contributed by atoms with van der Waals surface area (Å²) in [7, 11) is 4.41. The van der Waals surface area contributed by atoms with Crippen LogP contribution in [0, 0.1) is 0 Å². The molecule has 0 saturated carbocycles. The monoisotopic (exact) mass is 616 g/mol. The van der Waals surface area contributed by atoms with Crippen LogP contribution in [-0.2, 0) is 9.53 Å². The van der Waals surface area contributed by atoms with Gasteiger partial charge >= 0.3 is 5.97 Å². The number of phenols is 1. The summed E-state index contributed by atoms with van der Waals surface area (Å²) in [5.41, 5.74) is 1.75. The Kier molecular flexibility index (Phi) is 8.81. The molecule has 1 aromatic heterocycles. The summed E-state index contributed by atoms with van der Waals surface area (Å²) in [6.07, 6.45) is 2.95. The number of carbonyl (C=O) groups is 1. The van der Waals surface area contributed by atoms with Gasteiger partial charge in [0, 0.05) is 10.0 Å². The smallest absolute Gasteiger partial charge is 0.338 e. The number of esters is 1. The van der Waals surface area contributed by atoms with E-state index in [0.717, 1.165) is 10.9 Å². The zero-order valence-electron chi connectivity index (χ0n) is 22.2. The number of methoxy groups -OCH3 is 3. The highest BCUT2D eigenvalue weighted by molar-refractivity contribution is 9.10. The lowest BCUT2D eigenvalue weighted by atomic mass is 9.93. The van der Waals surface area contributed by atoms with E-state index in [1.165, 1.54) is 30.1 Å². The van der Waals surface area contributed by atoms with Gasteiger partial charge in [-0.05, 0) is 55.3 Å². The first-order valence-electron chi connectivity index (χ1n) is 12.3. The molecule has 0 spiro atoms. The minimum atomic E-state index is -0.819. The lowest BCUT2D eigenvalue weighted by Gasteiger charge is -2.27. The number of aromatic hydroxyl groups is 1. The van der Waals surface area contributed by atoms with Gasteiger partial charge in [-0.15, -0.1) is 0 Å². The van der Waals surface area contributed by atoms with Gasteiger partial charge in [0.1, 0.15) is 11.8 Å². The predicted octanol–water partition coefficient (Wildman–Crippen LogP) is 4.07. The van der Waals surface area contributed by atoms with Crippen LogP contribution >= 0.6 is 27.3 Å². The van der Waals surface area contributed by atoms with E-state index in [4.69, 9.17) is 23.9 Å². The number of carbonyl (C=O) groups excluding carboxylic acids is 1. The Morgan fingerprint density at radius 1 is 1.10 bits per heavy atom. The number of phenolic OH excluding ortho intramolecular Hbond substituents is 1. The summed E-state index contributed by atoms with van der Waals surface area (Å²) >= 11 is 4.73. The summed E-state index contributed by atoms with van der Waals surface area (Å²) < 4.78 is 24.3. The Bertz CT molecular complexity index is 1600. The molecule has 39 heavy (non-hydrogen) atoms. The van der Waals surface area contributed by atoms with E-state index in [9.17, 15) is 14.7 Å². The number of rotatable bonds is 9. The Labute approximate surface area is 237 Å². The van der Waals surface area contributed by atoms with E-state index < -0.39 is 12.0 Å². The Morgan fingerprint density at radius 3 is 2.36 bits per heavy atom. The molecule has 0 bridgehead atoms. The van der Waals surface area contributed by atoms with Crippen molar-refractivity contribution < 1.29 is 28.8 Å². The standard InChI is InChI=1S/C28H29BrN2O7S/c1-6-8-18-23(27(34)38-7-2)24(17-14-16(29)9-10-19(17)35-3)31-26(33)22(39-28(31)30-18)13-15-11-20(36-4)25(32)21(12-15)37-5/h9-14,24,32H,6-8H2,1-5H3/b22-13+/t24-/m1/s1. The molecule has 0 radical (unpaired) electrons. The van der Waals surface area contributed by atoms with Crippen molar-refractivity contribution in [3.05, 3.63) is 76.9 Å². The SMILES string of the molecule is CCCC1=C(C(=O)OCC)[C@@H](c2cc(Br)ccc2OC)n2c(s/c(=C/c3cc(OC)c(O)c(OC)c3)c2=O)=N1. The second-order valence-corrected chi connectivity index (χ2v) is 10.5. The fraction of sp³-hybridized carbons (Fsp3) is 0.321. The number of allylic oxidation sites excluding steroid dienone is 1. The Balaban J connectivity index is 2.05. The average molecular weight is 618 g/mol. The van der Waals surface area contributed by atoms with Crippen molar-refractivity contribution in [1.29, 1.82) is 0 Å². The van der Waals surface area contributed by atoms with Gasteiger partial charge < -0.3 is 24.1 Å². The van der Waals surface area contributed by atoms with Crippen molar-refractivity contribution in [1.82, 2.24) is 4.57 Å². The van der Waals surface area contributed by atoms with Crippen molar-refractivity contribution in [2.75, 3.05) is 27.9 Å². The molecule has 1 N–H and O–H groups in total.